The molecule has 1 aliphatic carbocycles. The van der Waals surface area contributed by atoms with Gasteiger partial charge in [-0.05, 0) is 48.3 Å². The van der Waals surface area contributed by atoms with E-state index in [4.69, 9.17) is 0 Å². The second-order valence-electron chi connectivity index (χ2n) is 11.3. The molecular weight excluding hydrogens is 540 g/mol. The topological polar surface area (TPSA) is 104 Å². The van der Waals surface area contributed by atoms with Crippen LogP contribution in [0.15, 0.2) is 42.5 Å². The maximum atomic E-state index is 15.3. The standard InChI is InChI=1S/C29H35F2N3O5S/c1-17(2)13-24-27(35)32-25(20-14-18-7-5-6-8-19(18)15-20)28(36)34(24)26(22-10-9-21(30)16-23(22)31)29(37)33(3)11-12-40(4,38)39/h5-10,16-17,20,24-26H,11-15H2,1-4H3,(H,32,35)/t24-,25-,26-/m1/s1. The number of piperazine rings is 1. The van der Waals surface area contributed by atoms with E-state index in [1.807, 2.05) is 38.1 Å². The lowest BCUT2D eigenvalue weighted by Gasteiger charge is -2.45. The number of halogens is 2. The van der Waals surface area contributed by atoms with E-state index in [9.17, 15) is 27.2 Å². The van der Waals surface area contributed by atoms with Gasteiger partial charge in [0.25, 0.3) is 0 Å². The van der Waals surface area contributed by atoms with Gasteiger partial charge in [0.15, 0.2) is 0 Å². The van der Waals surface area contributed by atoms with Crippen LogP contribution in [0.4, 0.5) is 8.78 Å². The zero-order valence-electron chi connectivity index (χ0n) is 23.1. The Morgan fingerprint density at radius 1 is 1.10 bits per heavy atom. The van der Waals surface area contributed by atoms with Crippen molar-refractivity contribution >= 4 is 27.6 Å². The van der Waals surface area contributed by atoms with Crippen LogP contribution in [0.3, 0.4) is 0 Å². The van der Waals surface area contributed by atoms with Crippen molar-refractivity contribution in [1.29, 1.82) is 0 Å². The molecule has 3 atom stereocenters. The van der Waals surface area contributed by atoms with E-state index < -0.39 is 57.3 Å². The number of amides is 3. The van der Waals surface area contributed by atoms with Crippen LogP contribution in [0.1, 0.15) is 43.0 Å². The summed E-state index contributed by atoms with van der Waals surface area (Å²) in [5.41, 5.74) is 1.88. The number of fused-ring (bicyclic) bond motifs is 1. The summed E-state index contributed by atoms with van der Waals surface area (Å²) in [5.74, 6) is -4.32. The number of carbonyl (C=O) groups excluding carboxylic acids is 3. The van der Waals surface area contributed by atoms with Crippen molar-refractivity contribution in [1.82, 2.24) is 15.1 Å². The Morgan fingerprint density at radius 2 is 1.73 bits per heavy atom. The van der Waals surface area contributed by atoms with Gasteiger partial charge in [0, 0.05) is 31.5 Å². The number of sulfone groups is 1. The van der Waals surface area contributed by atoms with Crippen molar-refractivity contribution < 1.29 is 31.6 Å². The number of nitrogens with zero attached hydrogens (tertiary/aromatic N) is 2. The van der Waals surface area contributed by atoms with E-state index in [0.717, 1.165) is 39.3 Å². The van der Waals surface area contributed by atoms with Crippen LogP contribution in [0.25, 0.3) is 0 Å². The fraction of sp³-hybridized carbons (Fsp3) is 0.483. The van der Waals surface area contributed by atoms with Gasteiger partial charge in [-0.15, -0.1) is 0 Å². The van der Waals surface area contributed by atoms with Crippen LogP contribution >= 0.6 is 0 Å². The largest absolute Gasteiger partial charge is 0.343 e. The lowest BCUT2D eigenvalue weighted by atomic mass is 9.87. The lowest BCUT2D eigenvalue weighted by Crippen LogP contribution is -2.67. The Hall–Kier alpha value is -3.34. The van der Waals surface area contributed by atoms with Gasteiger partial charge >= 0.3 is 0 Å². The number of nitrogens with one attached hydrogen (secondary N) is 1. The third-order valence-corrected chi connectivity index (χ3v) is 8.57. The van der Waals surface area contributed by atoms with E-state index in [-0.39, 0.29) is 36.1 Å². The van der Waals surface area contributed by atoms with Crippen LogP contribution in [-0.4, -0.2) is 73.6 Å². The van der Waals surface area contributed by atoms with Gasteiger partial charge in [-0.3, -0.25) is 14.4 Å². The Bertz CT molecular complexity index is 1390. The average molecular weight is 576 g/mol. The summed E-state index contributed by atoms with van der Waals surface area (Å²) >= 11 is 0. The third-order valence-electron chi connectivity index (χ3n) is 7.65. The summed E-state index contributed by atoms with van der Waals surface area (Å²) in [4.78, 5) is 44.1. The molecule has 216 valence electrons. The number of rotatable bonds is 9. The van der Waals surface area contributed by atoms with Gasteiger partial charge in [-0.2, -0.15) is 0 Å². The number of hydrogen-bond acceptors (Lipinski definition) is 5. The minimum Gasteiger partial charge on any atom is -0.343 e. The predicted molar refractivity (Wildman–Crippen MR) is 146 cm³/mol. The van der Waals surface area contributed by atoms with Gasteiger partial charge in [0.2, 0.25) is 17.7 Å². The highest BCUT2D eigenvalue weighted by molar-refractivity contribution is 7.90. The molecule has 0 unspecified atom stereocenters. The zero-order valence-corrected chi connectivity index (χ0v) is 23.9. The summed E-state index contributed by atoms with van der Waals surface area (Å²) in [6, 6.07) is 6.84. The molecule has 0 saturated carbocycles. The third kappa shape index (κ3) is 6.35. The van der Waals surface area contributed by atoms with Crippen LogP contribution in [0.2, 0.25) is 0 Å². The molecule has 11 heteroatoms. The van der Waals surface area contributed by atoms with E-state index in [1.165, 1.54) is 7.05 Å². The van der Waals surface area contributed by atoms with Gasteiger partial charge in [-0.1, -0.05) is 44.2 Å². The molecule has 40 heavy (non-hydrogen) atoms. The number of likely N-dealkylation sites (N-methyl/N-ethyl adjacent to an activating group) is 1. The van der Waals surface area contributed by atoms with E-state index in [1.54, 1.807) is 0 Å². The minimum absolute atomic E-state index is 0.0601. The van der Waals surface area contributed by atoms with Gasteiger partial charge in [-0.25, -0.2) is 17.2 Å². The van der Waals surface area contributed by atoms with Crippen molar-refractivity contribution in [2.75, 3.05) is 25.6 Å². The van der Waals surface area contributed by atoms with Crippen molar-refractivity contribution in [3.8, 4) is 0 Å². The lowest BCUT2D eigenvalue weighted by molar-refractivity contribution is -0.160. The molecule has 2 aromatic rings. The summed E-state index contributed by atoms with van der Waals surface area (Å²) in [6.07, 6.45) is 2.33. The number of carbonyl (C=O) groups is 3. The molecule has 4 rings (SSSR count). The maximum absolute atomic E-state index is 15.3. The summed E-state index contributed by atoms with van der Waals surface area (Å²) in [7, 11) is -2.08. The molecule has 1 fully saturated rings. The molecule has 1 saturated heterocycles. The van der Waals surface area contributed by atoms with E-state index in [2.05, 4.69) is 5.32 Å². The van der Waals surface area contributed by atoms with Gasteiger partial charge in [0.1, 0.15) is 39.6 Å². The van der Waals surface area contributed by atoms with Crippen LogP contribution in [0, 0.1) is 23.5 Å². The number of benzene rings is 2. The highest BCUT2D eigenvalue weighted by Crippen LogP contribution is 2.36. The fourth-order valence-electron chi connectivity index (χ4n) is 5.62. The Kier molecular flexibility index (Phi) is 8.63. The molecule has 1 N–H and O–H groups in total. The molecule has 0 bridgehead atoms. The fourth-order valence-corrected chi connectivity index (χ4v) is 6.23. The first kappa shape index (κ1) is 29.6. The SMILES string of the molecule is CC(C)C[C@@H]1C(=O)N[C@H](C2Cc3ccccc3C2)C(=O)N1[C@@H](C(=O)N(C)CCS(C)(=O)=O)c1ccc(F)cc1F. The quantitative estimate of drug-likeness (QED) is 0.495. The van der Waals surface area contributed by atoms with Crippen molar-refractivity contribution in [2.45, 2.75) is 51.2 Å². The molecule has 1 aliphatic heterocycles. The minimum atomic E-state index is -3.44. The molecule has 0 radical (unpaired) electrons. The van der Waals surface area contributed by atoms with Crippen molar-refractivity contribution in [3.05, 3.63) is 70.8 Å². The van der Waals surface area contributed by atoms with Crippen LogP contribution < -0.4 is 5.32 Å². The average Bonchev–Trinajstić information content (AvgIpc) is 3.30. The van der Waals surface area contributed by atoms with E-state index >= 15 is 4.39 Å². The number of hydrogen-bond donors (Lipinski definition) is 1. The van der Waals surface area contributed by atoms with Gasteiger partial charge < -0.3 is 15.1 Å². The maximum Gasteiger partial charge on any atom is 0.249 e. The first-order valence-corrected chi connectivity index (χ1v) is 15.4. The molecule has 1 heterocycles. The van der Waals surface area contributed by atoms with Crippen LogP contribution in [0.5, 0.6) is 0 Å². The molecule has 3 amide bonds. The Balaban J connectivity index is 1.78. The highest BCUT2D eigenvalue weighted by Gasteiger charge is 2.50. The predicted octanol–water partition coefficient (Wildman–Crippen LogP) is 2.67. The summed E-state index contributed by atoms with van der Waals surface area (Å²) < 4.78 is 52.8. The second kappa shape index (κ2) is 11.6. The Morgan fingerprint density at radius 3 is 2.27 bits per heavy atom. The van der Waals surface area contributed by atoms with Crippen molar-refractivity contribution in [2.24, 2.45) is 11.8 Å². The first-order chi connectivity index (χ1) is 18.8. The van der Waals surface area contributed by atoms with Crippen LogP contribution in [-0.2, 0) is 37.1 Å². The molecule has 0 spiro atoms. The Labute approximate surface area is 233 Å². The normalized spacial score (nSPS) is 20.4. The molecule has 0 aromatic heterocycles. The highest BCUT2D eigenvalue weighted by atomic mass is 32.2. The summed E-state index contributed by atoms with van der Waals surface area (Å²) in [5, 5.41) is 2.88. The molecule has 2 aliphatic rings. The monoisotopic (exact) mass is 575 g/mol. The molecule has 2 aromatic carbocycles. The molecule has 8 nitrogen and oxygen atoms in total. The first-order valence-electron chi connectivity index (χ1n) is 13.3. The van der Waals surface area contributed by atoms with Gasteiger partial charge in [0.05, 0.1) is 5.75 Å². The summed E-state index contributed by atoms with van der Waals surface area (Å²) in [6.45, 7) is 3.52. The van der Waals surface area contributed by atoms with Crippen molar-refractivity contribution in [3.63, 3.8) is 0 Å². The molecular formula is C29H35F2N3O5S. The smallest absolute Gasteiger partial charge is 0.249 e. The zero-order chi connectivity index (χ0) is 29.4. The second-order valence-corrected chi connectivity index (χ2v) is 13.5. The van der Waals surface area contributed by atoms with E-state index in [0.29, 0.717) is 18.9 Å².